The number of nitrogens with one attached hydrogen (secondary N) is 2. The van der Waals surface area contributed by atoms with Crippen LogP contribution in [0.25, 0.3) is 9.88 Å². The quantitative estimate of drug-likeness (QED) is 0.888. The summed E-state index contributed by atoms with van der Waals surface area (Å²) in [5.74, 6) is -0.0810. The van der Waals surface area contributed by atoms with Crippen molar-refractivity contribution in [3.63, 3.8) is 0 Å². The number of hydrogen-bond donors (Lipinski definition) is 2. The molecule has 1 saturated heterocycles. The molecule has 1 aliphatic rings. The first-order valence-electron chi connectivity index (χ1n) is 7.49. The maximum atomic E-state index is 12.3. The zero-order valence-electron chi connectivity index (χ0n) is 12.7. The summed E-state index contributed by atoms with van der Waals surface area (Å²) in [4.78, 5) is 31.4. The Hall–Kier alpha value is -1.93. The second-order valence-electron chi connectivity index (χ2n) is 5.19. The van der Waals surface area contributed by atoms with Crippen LogP contribution in [0.4, 0.5) is 4.79 Å². The number of carbonyl (C=O) groups is 2. The van der Waals surface area contributed by atoms with Crippen LogP contribution in [0.2, 0.25) is 0 Å². The van der Waals surface area contributed by atoms with Crippen LogP contribution in [0, 0.1) is 0 Å². The Balaban J connectivity index is 1.59. The lowest BCUT2D eigenvalue weighted by Crippen LogP contribution is -2.59. The van der Waals surface area contributed by atoms with E-state index >= 15 is 0 Å². The van der Waals surface area contributed by atoms with Gasteiger partial charge in [-0.1, -0.05) is 13.0 Å². The summed E-state index contributed by atoms with van der Waals surface area (Å²) in [5, 5.41) is 10.6. The monoisotopic (exact) mass is 350 g/mol. The molecule has 3 heterocycles. The van der Waals surface area contributed by atoms with Crippen LogP contribution < -0.4 is 10.6 Å². The zero-order valence-corrected chi connectivity index (χ0v) is 14.4. The summed E-state index contributed by atoms with van der Waals surface area (Å²) in [6.07, 6.45) is 0.610. The molecule has 8 heteroatoms. The number of nitrogens with zero attached hydrogens (tertiary/aromatic N) is 2. The molecule has 23 heavy (non-hydrogen) atoms. The molecule has 2 N–H and O–H groups in total. The van der Waals surface area contributed by atoms with Gasteiger partial charge < -0.3 is 15.5 Å². The Labute approximate surface area is 142 Å². The SMILES string of the molecule is CCC1C(=O)NCCN1C(=O)NCc1csc(-c2cccs2)n1. The third-order valence-electron chi connectivity index (χ3n) is 3.68. The van der Waals surface area contributed by atoms with Gasteiger partial charge in [0.2, 0.25) is 5.91 Å². The number of thiophene rings is 1. The Bertz CT molecular complexity index is 683. The fourth-order valence-corrected chi connectivity index (χ4v) is 4.17. The van der Waals surface area contributed by atoms with E-state index in [1.807, 2.05) is 29.8 Å². The normalized spacial score (nSPS) is 17.9. The second-order valence-corrected chi connectivity index (χ2v) is 6.99. The molecule has 3 amide bonds. The van der Waals surface area contributed by atoms with Crippen molar-refractivity contribution < 1.29 is 9.59 Å². The van der Waals surface area contributed by atoms with E-state index in [1.165, 1.54) is 0 Å². The van der Waals surface area contributed by atoms with Crippen molar-refractivity contribution in [1.29, 1.82) is 0 Å². The van der Waals surface area contributed by atoms with Gasteiger partial charge in [0, 0.05) is 18.5 Å². The van der Waals surface area contributed by atoms with Crippen LogP contribution in [0.15, 0.2) is 22.9 Å². The molecular weight excluding hydrogens is 332 g/mol. The zero-order chi connectivity index (χ0) is 16.2. The maximum absolute atomic E-state index is 12.3. The topological polar surface area (TPSA) is 74.3 Å². The van der Waals surface area contributed by atoms with Gasteiger partial charge in [0.05, 0.1) is 17.1 Å². The predicted molar refractivity (Wildman–Crippen MR) is 91.5 cm³/mol. The van der Waals surface area contributed by atoms with E-state index in [4.69, 9.17) is 0 Å². The van der Waals surface area contributed by atoms with E-state index in [0.717, 1.165) is 15.6 Å². The molecule has 1 fully saturated rings. The second kappa shape index (κ2) is 7.10. The number of piperazine rings is 1. The Morgan fingerprint density at radius 1 is 1.52 bits per heavy atom. The van der Waals surface area contributed by atoms with Gasteiger partial charge in [0.1, 0.15) is 11.0 Å². The molecule has 122 valence electrons. The molecule has 3 rings (SSSR count). The number of amides is 3. The van der Waals surface area contributed by atoms with Crippen molar-refractivity contribution in [2.24, 2.45) is 0 Å². The molecule has 6 nitrogen and oxygen atoms in total. The van der Waals surface area contributed by atoms with Crippen molar-refractivity contribution in [3.8, 4) is 9.88 Å². The van der Waals surface area contributed by atoms with E-state index in [1.54, 1.807) is 27.6 Å². The molecule has 0 bridgehead atoms. The molecule has 0 aromatic carbocycles. The van der Waals surface area contributed by atoms with Crippen LogP contribution in [0.3, 0.4) is 0 Å². The van der Waals surface area contributed by atoms with Gasteiger partial charge in [-0.2, -0.15) is 0 Å². The smallest absolute Gasteiger partial charge is 0.318 e. The summed E-state index contributed by atoms with van der Waals surface area (Å²) in [6.45, 7) is 3.31. The Kier molecular flexibility index (Phi) is 4.92. The third-order valence-corrected chi connectivity index (χ3v) is 5.61. The summed E-state index contributed by atoms with van der Waals surface area (Å²) < 4.78 is 0. The predicted octanol–water partition coefficient (Wildman–Crippen LogP) is 2.29. The molecule has 0 spiro atoms. The molecule has 2 aromatic rings. The summed E-state index contributed by atoms with van der Waals surface area (Å²) >= 11 is 3.22. The lowest BCUT2D eigenvalue weighted by molar-refractivity contribution is -0.127. The van der Waals surface area contributed by atoms with Gasteiger partial charge in [-0.25, -0.2) is 9.78 Å². The van der Waals surface area contributed by atoms with Gasteiger partial charge in [-0.05, 0) is 17.9 Å². The minimum Gasteiger partial charge on any atom is -0.353 e. The van der Waals surface area contributed by atoms with E-state index in [0.29, 0.717) is 26.1 Å². The Morgan fingerprint density at radius 2 is 2.39 bits per heavy atom. The average Bonchev–Trinajstić information content (AvgIpc) is 3.23. The molecule has 1 unspecified atom stereocenters. The fourth-order valence-electron chi connectivity index (χ4n) is 2.53. The van der Waals surface area contributed by atoms with Crippen LogP contribution in [0.5, 0.6) is 0 Å². The largest absolute Gasteiger partial charge is 0.353 e. The summed E-state index contributed by atoms with van der Waals surface area (Å²) in [6, 6.07) is 3.43. The standard InChI is InChI=1S/C15H18N4O2S2/c1-2-11-13(20)16-5-6-19(11)15(21)17-8-10-9-23-14(18-10)12-4-3-7-22-12/h3-4,7,9,11H,2,5-6,8H2,1H3,(H,16,20)(H,17,21). The highest BCUT2D eigenvalue weighted by molar-refractivity contribution is 7.20. The highest BCUT2D eigenvalue weighted by Crippen LogP contribution is 2.27. The van der Waals surface area contributed by atoms with Crippen molar-refractivity contribution in [1.82, 2.24) is 20.5 Å². The first-order valence-corrected chi connectivity index (χ1v) is 9.25. The number of carbonyl (C=O) groups excluding carboxylic acids is 2. The highest BCUT2D eigenvalue weighted by Gasteiger charge is 2.31. The van der Waals surface area contributed by atoms with Crippen molar-refractivity contribution in [2.45, 2.75) is 25.9 Å². The third kappa shape index (κ3) is 3.53. The average molecular weight is 350 g/mol. The lowest BCUT2D eigenvalue weighted by atomic mass is 10.1. The molecule has 0 saturated carbocycles. The molecular formula is C15H18N4O2S2. The van der Waals surface area contributed by atoms with Crippen molar-refractivity contribution in [3.05, 3.63) is 28.6 Å². The van der Waals surface area contributed by atoms with Crippen molar-refractivity contribution in [2.75, 3.05) is 13.1 Å². The molecule has 2 aromatic heterocycles. The van der Waals surface area contributed by atoms with Gasteiger partial charge >= 0.3 is 6.03 Å². The van der Waals surface area contributed by atoms with Crippen LogP contribution >= 0.6 is 22.7 Å². The maximum Gasteiger partial charge on any atom is 0.318 e. The minimum absolute atomic E-state index is 0.0810. The first-order chi connectivity index (χ1) is 11.2. The number of thiazole rings is 1. The van der Waals surface area contributed by atoms with E-state index < -0.39 is 0 Å². The van der Waals surface area contributed by atoms with Gasteiger partial charge in [0.25, 0.3) is 0 Å². The number of urea groups is 1. The number of hydrogen-bond acceptors (Lipinski definition) is 5. The Morgan fingerprint density at radius 3 is 3.13 bits per heavy atom. The molecule has 1 aliphatic heterocycles. The number of rotatable bonds is 4. The molecule has 0 aliphatic carbocycles. The number of aromatic nitrogens is 1. The van der Waals surface area contributed by atoms with Crippen LogP contribution in [0.1, 0.15) is 19.0 Å². The van der Waals surface area contributed by atoms with Gasteiger partial charge in [-0.3, -0.25) is 4.79 Å². The van der Waals surface area contributed by atoms with Gasteiger partial charge in [0.15, 0.2) is 0 Å². The van der Waals surface area contributed by atoms with E-state index in [2.05, 4.69) is 15.6 Å². The lowest BCUT2D eigenvalue weighted by Gasteiger charge is -2.34. The van der Waals surface area contributed by atoms with Crippen LogP contribution in [-0.2, 0) is 11.3 Å². The molecule has 0 radical (unpaired) electrons. The molecule has 1 atom stereocenters. The summed E-state index contributed by atoms with van der Waals surface area (Å²) in [5.41, 5.74) is 0.834. The van der Waals surface area contributed by atoms with Crippen molar-refractivity contribution >= 4 is 34.6 Å². The van der Waals surface area contributed by atoms with E-state index in [-0.39, 0.29) is 18.0 Å². The van der Waals surface area contributed by atoms with Gasteiger partial charge in [-0.15, -0.1) is 22.7 Å². The van der Waals surface area contributed by atoms with E-state index in [9.17, 15) is 9.59 Å². The van der Waals surface area contributed by atoms with Crippen LogP contribution in [-0.4, -0.2) is 41.0 Å². The minimum atomic E-state index is -0.388. The fraction of sp³-hybridized carbons (Fsp3) is 0.400. The summed E-state index contributed by atoms with van der Waals surface area (Å²) in [7, 11) is 0. The first kappa shape index (κ1) is 15.9. The highest BCUT2D eigenvalue weighted by atomic mass is 32.1.